The normalized spacial score (nSPS) is 11.5. The van der Waals surface area contributed by atoms with Gasteiger partial charge in [-0.15, -0.1) is 0 Å². The van der Waals surface area contributed by atoms with Gasteiger partial charge in [0.2, 0.25) is 0 Å². The monoisotopic (exact) mass is 354 g/mol. The Morgan fingerprint density at radius 1 is 1.38 bits per heavy atom. The van der Waals surface area contributed by atoms with E-state index in [1.54, 1.807) is 6.07 Å². The lowest BCUT2D eigenvalue weighted by Gasteiger charge is -2.03. The molecule has 0 spiro atoms. The Morgan fingerprint density at radius 2 is 2.10 bits per heavy atom. The fourth-order valence-electron chi connectivity index (χ4n) is 1.61. The van der Waals surface area contributed by atoms with Crippen molar-refractivity contribution >= 4 is 27.5 Å². The molecule has 0 aliphatic heterocycles. The van der Waals surface area contributed by atoms with Gasteiger partial charge in [0.25, 0.3) is 0 Å². The molecule has 1 amide bonds. The highest BCUT2D eigenvalue weighted by Gasteiger charge is 2.14. The first-order chi connectivity index (χ1) is 9.88. The van der Waals surface area contributed by atoms with Crippen molar-refractivity contribution in [2.75, 3.05) is 0 Å². The third-order valence-corrected chi connectivity index (χ3v) is 2.96. The number of carbonyl (C=O) groups is 1. The fraction of sp³-hybridized carbons (Fsp3) is 0.154. The quantitative estimate of drug-likeness (QED) is 0.649. The maximum absolute atomic E-state index is 11.7. The molecule has 0 aliphatic rings. The van der Waals surface area contributed by atoms with Crippen LogP contribution < -0.4 is 11.1 Å². The van der Waals surface area contributed by atoms with Gasteiger partial charge in [-0.25, -0.2) is 10.2 Å². The highest BCUT2D eigenvalue weighted by Crippen LogP contribution is 2.16. The summed E-state index contributed by atoms with van der Waals surface area (Å²) in [5, 5.41) is 13.5. The number of halogens is 1. The van der Waals surface area contributed by atoms with E-state index in [-0.39, 0.29) is 28.5 Å². The lowest BCUT2D eigenvalue weighted by molar-refractivity contribution is 0.0926. The number of furan rings is 1. The van der Waals surface area contributed by atoms with Crippen LogP contribution in [0, 0.1) is 6.92 Å². The Hall–Kier alpha value is -2.35. The molecule has 8 heteroatoms. The van der Waals surface area contributed by atoms with Crippen LogP contribution in [0.5, 0.6) is 5.75 Å². The molecule has 110 valence electrons. The van der Waals surface area contributed by atoms with Crippen LogP contribution in [0.4, 0.5) is 0 Å². The smallest absolute Gasteiger partial charge is 0.348 e. The Bertz CT molecular complexity index is 775. The zero-order valence-electron chi connectivity index (χ0n) is 11.1. The van der Waals surface area contributed by atoms with Crippen molar-refractivity contribution in [3.63, 3.8) is 0 Å². The summed E-state index contributed by atoms with van der Waals surface area (Å²) in [5.74, 6) is -0.520. The molecule has 2 heterocycles. The molecule has 0 saturated carbocycles. The van der Waals surface area contributed by atoms with Gasteiger partial charge >= 0.3 is 11.5 Å². The van der Waals surface area contributed by atoms with Crippen LogP contribution >= 0.6 is 15.9 Å². The second kappa shape index (κ2) is 5.96. The van der Waals surface area contributed by atoms with Crippen LogP contribution in [0.2, 0.25) is 0 Å². The first-order valence-electron chi connectivity index (χ1n) is 5.82. The number of rotatable bonds is 3. The highest BCUT2D eigenvalue weighted by atomic mass is 79.9. The Labute approximate surface area is 127 Å². The van der Waals surface area contributed by atoms with Crippen LogP contribution in [-0.2, 0) is 0 Å². The van der Waals surface area contributed by atoms with Gasteiger partial charge in [-0.3, -0.25) is 4.79 Å². The van der Waals surface area contributed by atoms with Crippen LogP contribution in [0.15, 0.2) is 41.6 Å². The van der Waals surface area contributed by atoms with E-state index in [9.17, 15) is 14.7 Å². The maximum Gasteiger partial charge on any atom is 0.348 e. The number of amides is 1. The largest absolute Gasteiger partial charge is 0.507 e. The number of aromatic hydroxyl groups is 1. The predicted molar refractivity (Wildman–Crippen MR) is 77.5 cm³/mol. The Kier molecular flexibility index (Phi) is 4.27. The first-order valence-corrected chi connectivity index (χ1v) is 6.62. The van der Waals surface area contributed by atoms with Gasteiger partial charge in [0.05, 0.1) is 5.71 Å². The summed E-state index contributed by atoms with van der Waals surface area (Å²) in [7, 11) is 0. The molecule has 0 aromatic carbocycles. The predicted octanol–water partition coefficient (Wildman–Crippen LogP) is 2.16. The van der Waals surface area contributed by atoms with Crippen LogP contribution in [-0.4, -0.2) is 16.7 Å². The molecular formula is C13H11BrN2O5. The molecule has 0 aliphatic carbocycles. The summed E-state index contributed by atoms with van der Waals surface area (Å²) in [6.45, 7) is 2.99. The molecule has 0 radical (unpaired) electrons. The van der Waals surface area contributed by atoms with Gasteiger partial charge in [0.1, 0.15) is 17.1 Å². The van der Waals surface area contributed by atoms with Crippen molar-refractivity contribution < 1.29 is 18.7 Å². The fourth-order valence-corrected chi connectivity index (χ4v) is 1.92. The van der Waals surface area contributed by atoms with Gasteiger partial charge in [0, 0.05) is 6.07 Å². The molecule has 2 N–H and O–H groups in total. The van der Waals surface area contributed by atoms with E-state index < -0.39 is 11.5 Å². The second-order valence-corrected chi connectivity index (χ2v) is 4.93. The number of nitrogens with zero attached hydrogens (tertiary/aromatic N) is 1. The molecule has 0 atom stereocenters. The minimum Gasteiger partial charge on any atom is -0.507 e. The Balaban J connectivity index is 2.22. The van der Waals surface area contributed by atoms with Crippen molar-refractivity contribution in [3.05, 3.63) is 50.4 Å². The molecule has 0 fully saturated rings. The van der Waals surface area contributed by atoms with Crippen molar-refractivity contribution in [3.8, 4) is 5.75 Å². The summed E-state index contributed by atoms with van der Waals surface area (Å²) in [6.07, 6.45) is 0. The van der Waals surface area contributed by atoms with E-state index in [0.717, 1.165) is 0 Å². The summed E-state index contributed by atoms with van der Waals surface area (Å²) >= 11 is 3.07. The molecule has 0 bridgehead atoms. The lowest BCUT2D eigenvalue weighted by atomic mass is 10.2. The van der Waals surface area contributed by atoms with Crippen LogP contribution in [0.3, 0.4) is 0 Å². The topological polar surface area (TPSA) is 105 Å². The molecule has 2 aromatic heterocycles. The number of nitrogens with one attached hydrogen (secondary N) is 1. The average Bonchev–Trinajstić information content (AvgIpc) is 2.81. The molecule has 0 saturated heterocycles. The molecular weight excluding hydrogens is 344 g/mol. The van der Waals surface area contributed by atoms with Crippen LogP contribution in [0.1, 0.15) is 28.8 Å². The van der Waals surface area contributed by atoms with Crippen molar-refractivity contribution in [1.82, 2.24) is 5.43 Å². The number of aryl methyl sites for hydroxylation is 1. The SMILES string of the molecule is C/C(=N/NC(=O)c1ccc(Br)o1)c1c(O)cc(C)oc1=O. The molecule has 2 rings (SSSR count). The summed E-state index contributed by atoms with van der Waals surface area (Å²) < 4.78 is 10.3. The van der Waals surface area contributed by atoms with Gasteiger partial charge in [0.15, 0.2) is 10.4 Å². The molecule has 2 aromatic rings. The third kappa shape index (κ3) is 3.40. The lowest BCUT2D eigenvalue weighted by Crippen LogP contribution is -2.21. The van der Waals surface area contributed by atoms with E-state index in [2.05, 4.69) is 26.5 Å². The van der Waals surface area contributed by atoms with Crippen molar-refractivity contribution in [1.29, 1.82) is 0 Å². The van der Waals surface area contributed by atoms with E-state index in [4.69, 9.17) is 8.83 Å². The maximum atomic E-state index is 11.7. The summed E-state index contributed by atoms with van der Waals surface area (Å²) in [6, 6.07) is 4.31. The zero-order valence-corrected chi connectivity index (χ0v) is 12.7. The van der Waals surface area contributed by atoms with E-state index in [0.29, 0.717) is 4.67 Å². The number of hydrazone groups is 1. The number of carbonyl (C=O) groups excluding carboxylic acids is 1. The van der Waals surface area contributed by atoms with E-state index in [1.807, 2.05) is 0 Å². The summed E-state index contributed by atoms with van der Waals surface area (Å²) in [4.78, 5) is 23.4. The highest BCUT2D eigenvalue weighted by molar-refractivity contribution is 9.10. The van der Waals surface area contributed by atoms with Gasteiger partial charge in [-0.2, -0.15) is 5.10 Å². The minimum absolute atomic E-state index is 0.0542. The number of hydrogen-bond acceptors (Lipinski definition) is 6. The van der Waals surface area contributed by atoms with Gasteiger partial charge in [-0.05, 0) is 41.9 Å². The molecule has 0 unspecified atom stereocenters. The van der Waals surface area contributed by atoms with E-state index >= 15 is 0 Å². The van der Waals surface area contributed by atoms with Gasteiger partial charge in [-0.1, -0.05) is 0 Å². The summed E-state index contributed by atoms with van der Waals surface area (Å²) in [5.41, 5.74) is 1.49. The van der Waals surface area contributed by atoms with Crippen molar-refractivity contribution in [2.24, 2.45) is 5.10 Å². The molecule has 7 nitrogen and oxygen atoms in total. The van der Waals surface area contributed by atoms with Crippen LogP contribution in [0.25, 0.3) is 0 Å². The second-order valence-electron chi connectivity index (χ2n) is 4.15. The zero-order chi connectivity index (χ0) is 15.6. The Morgan fingerprint density at radius 3 is 2.67 bits per heavy atom. The van der Waals surface area contributed by atoms with Gasteiger partial charge < -0.3 is 13.9 Å². The third-order valence-electron chi connectivity index (χ3n) is 2.54. The number of hydrogen-bond donors (Lipinski definition) is 2. The minimum atomic E-state index is -0.733. The van der Waals surface area contributed by atoms with E-state index in [1.165, 1.54) is 26.0 Å². The molecule has 21 heavy (non-hydrogen) atoms. The van der Waals surface area contributed by atoms with Crippen molar-refractivity contribution in [2.45, 2.75) is 13.8 Å². The standard InChI is InChI=1S/C13H11BrN2O5/c1-6-5-8(17)11(13(19)20-6)7(2)15-16-12(18)9-3-4-10(14)21-9/h3-5,17H,1-2H3,(H,16,18)/b15-7-. The first kappa shape index (κ1) is 15.0. The average molecular weight is 355 g/mol.